The first-order valence-corrected chi connectivity index (χ1v) is 12.1. The molecule has 1 aliphatic heterocycles. The van der Waals surface area contributed by atoms with E-state index in [2.05, 4.69) is 20.8 Å². The molecule has 1 amide bonds. The third kappa shape index (κ3) is 4.14. The van der Waals surface area contributed by atoms with Crippen LogP contribution in [0.2, 0.25) is 0 Å². The Morgan fingerprint density at radius 1 is 1.03 bits per heavy atom. The van der Waals surface area contributed by atoms with Gasteiger partial charge in [-0.1, -0.05) is 39.0 Å². The molecule has 176 valence electrons. The number of thiophene rings is 1. The van der Waals surface area contributed by atoms with Gasteiger partial charge in [-0.3, -0.25) is 14.5 Å². The number of carbonyl (C=O) groups is 2. The molecule has 1 aromatic heterocycles. The van der Waals surface area contributed by atoms with Gasteiger partial charge < -0.3 is 10.0 Å². The molecule has 6 heteroatoms. The normalized spacial score (nSPS) is 17.9. The lowest BCUT2D eigenvalue weighted by Gasteiger charge is -2.25. The topological polar surface area (TPSA) is 60.9 Å². The molecule has 1 atom stereocenters. The van der Waals surface area contributed by atoms with Gasteiger partial charge in [-0.15, -0.1) is 11.3 Å². The van der Waals surface area contributed by atoms with Gasteiger partial charge in [0.1, 0.15) is 11.8 Å². The highest BCUT2D eigenvalue weighted by molar-refractivity contribution is 7.10. The third-order valence-electron chi connectivity index (χ3n) is 6.26. The molecule has 0 spiro atoms. The molecule has 1 fully saturated rings. The van der Waals surface area contributed by atoms with Gasteiger partial charge in [0.2, 0.25) is 0 Å². The number of hydrogen-bond donors (Lipinski definition) is 1. The monoisotopic (exact) mass is 474 g/mol. The summed E-state index contributed by atoms with van der Waals surface area (Å²) in [6, 6.07) is 16.5. The average molecular weight is 475 g/mol. The van der Waals surface area contributed by atoms with Gasteiger partial charge in [0.05, 0.1) is 5.57 Å². The Hall–Kier alpha value is -3.38. The summed E-state index contributed by atoms with van der Waals surface area (Å²) in [4.78, 5) is 31.0. The Morgan fingerprint density at radius 2 is 1.71 bits per heavy atom. The Bertz CT molecular complexity index is 1270. The van der Waals surface area contributed by atoms with Crippen molar-refractivity contribution in [2.75, 3.05) is 23.9 Å². The maximum absolute atomic E-state index is 13.4. The molecule has 0 aliphatic carbocycles. The van der Waals surface area contributed by atoms with Crippen molar-refractivity contribution in [1.29, 1.82) is 0 Å². The first kappa shape index (κ1) is 23.8. The zero-order valence-corrected chi connectivity index (χ0v) is 21.2. The molecule has 1 aliphatic rings. The molecule has 0 radical (unpaired) electrons. The molecule has 2 aromatic carbocycles. The lowest BCUT2D eigenvalue weighted by Crippen LogP contribution is -2.29. The van der Waals surface area contributed by atoms with Crippen LogP contribution < -0.4 is 9.80 Å². The van der Waals surface area contributed by atoms with E-state index in [4.69, 9.17) is 0 Å². The van der Waals surface area contributed by atoms with Crippen molar-refractivity contribution in [3.05, 3.63) is 87.1 Å². The van der Waals surface area contributed by atoms with Gasteiger partial charge in [0.25, 0.3) is 11.7 Å². The summed E-state index contributed by atoms with van der Waals surface area (Å²) in [6.07, 6.45) is 0. The number of aliphatic hydroxyl groups is 1. The zero-order chi connectivity index (χ0) is 24.8. The molecule has 0 saturated carbocycles. The highest BCUT2D eigenvalue weighted by Gasteiger charge is 2.47. The Labute approximate surface area is 205 Å². The minimum atomic E-state index is -0.692. The highest BCUT2D eigenvalue weighted by Crippen LogP contribution is 2.44. The predicted molar refractivity (Wildman–Crippen MR) is 140 cm³/mol. The van der Waals surface area contributed by atoms with E-state index in [1.165, 1.54) is 16.2 Å². The van der Waals surface area contributed by atoms with E-state index in [1.54, 1.807) is 0 Å². The van der Waals surface area contributed by atoms with Crippen molar-refractivity contribution in [2.24, 2.45) is 0 Å². The quantitative estimate of drug-likeness (QED) is 0.284. The van der Waals surface area contributed by atoms with Crippen LogP contribution in [0.4, 0.5) is 11.4 Å². The average Bonchev–Trinajstić information content (AvgIpc) is 3.40. The van der Waals surface area contributed by atoms with Gasteiger partial charge in [-0.05, 0) is 65.2 Å². The molecular formula is C28H30N2O3S. The van der Waals surface area contributed by atoms with Crippen LogP contribution in [-0.4, -0.2) is 30.9 Å². The molecule has 0 bridgehead atoms. The van der Waals surface area contributed by atoms with Crippen molar-refractivity contribution in [2.45, 2.75) is 39.2 Å². The number of anilines is 2. The molecule has 34 heavy (non-hydrogen) atoms. The second-order valence-corrected chi connectivity index (χ2v) is 10.9. The third-order valence-corrected chi connectivity index (χ3v) is 7.18. The van der Waals surface area contributed by atoms with Crippen LogP contribution in [0.5, 0.6) is 0 Å². The van der Waals surface area contributed by atoms with Crippen LogP contribution in [0, 0.1) is 6.92 Å². The van der Waals surface area contributed by atoms with Crippen LogP contribution in [0.25, 0.3) is 5.76 Å². The summed E-state index contributed by atoms with van der Waals surface area (Å²) in [5, 5.41) is 13.4. The molecule has 1 unspecified atom stereocenters. The Balaban J connectivity index is 1.91. The number of nitrogens with zero attached hydrogens (tertiary/aromatic N) is 2. The number of carbonyl (C=O) groups excluding carboxylic acids is 2. The van der Waals surface area contributed by atoms with Gasteiger partial charge in [-0.25, -0.2) is 0 Å². The molecule has 3 aromatic rings. The van der Waals surface area contributed by atoms with Crippen molar-refractivity contribution in [3.8, 4) is 0 Å². The Morgan fingerprint density at radius 3 is 2.26 bits per heavy atom. The summed E-state index contributed by atoms with van der Waals surface area (Å²) in [7, 11) is 3.89. The fourth-order valence-electron chi connectivity index (χ4n) is 4.21. The van der Waals surface area contributed by atoms with Crippen LogP contribution in [0.3, 0.4) is 0 Å². The standard InChI is InChI=1S/C28H30N2O3S/c1-17-9-10-18(28(2,3)4)16-21(17)25(31)23-24(22-8-7-15-34-22)30(27(33)26(23)32)20-13-11-19(12-14-20)29(5)6/h7-16,24,31H,1-6H3/b25-23+. The number of hydrogen-bond acceptors (Lipinski definition) is 5. The summed E-state index contributed by atoms with van der Waals surface area (Å²) in [5.74, 6) is -1.44. The van der Waals surface area contributed by atoms with Gasteiger partial charge >= 0.3 is 0 Å². The maximum atomic E-state index is 13.4. The van der Waals surface area contributed by atoms with E-state index in [0.717, 1.165) is 21.7 Å². The van der Waals surface area contributed by atoms with E-state index in [1.807, 2.05) is 85.9 Å². The minimum absolute atomic E-state index is 0.123. The molecule has 2 heterocycles. The van der Waals surface area contributed by atoms with Crippen LogP contribution in [-0.2, 0) is 15.0 Å². The zero-order valence-electron chi connectivity index (χ0n) is 20.4. The van der Waals surface area contributed by atoms with Crippen molar-refractivity contribution in [1.82, 2.24) is 0 Å². The lowest BCUT2D eigenvalue weighted by atomic mass is 9.84. The number of rotatable bonds is 4. The molecular weight excluding hydrogens is 444 g/mol. The van der Waals surface area contributed by atoms with Crippen molar-refractivity contribution >= 4 is 40.2 Å². The first-order chi connectivity index (χ1) is 16.0. The number of Topliss-reactive ketones (excluding diaryl/α,β-unsaturated/α-hetero) is 1. The van der Waals surface area contributed by atoms with Gasteiger partial charge in [0, 0.05) is 35.9 Å². The number of aryl methyl sites for hydroxylation is 1. The van der Waals surface area contributed by atoms with Crippen LogP contribution >= 0.6 is 11.3 Å². The summed E-state index contributed by atoms with van der Waals surface area (Å²) < 4.78 is 0. The van der Waals surface area contributed by atoms with Gasteiger partial charge in [-0.2, -0.15) is 0 Å². The van der Waals surface area contributed by atoms with Gasteiger partial charge in [0.15, 0.2) is 0 Å². The van der Waals surface area contributed by atoms with E-state index in [0.29, 0.717) is 11.3 Å². The fraction of sp³-hybridized carbons (Fsp3) is 0.286. The molecule has 5 nitrogen and oxygen atoms in total. The fourth-order valence-corrected chi connectivity index (χ4v) is 5.04. The predicted octanol–water partition coefficient (Wildman–Crippen LogP) is 6.05. The smallest absolute Gasteiger partial charge is 0.300 e. The Kier molecular flexibility index (Phi) is 6.13. The number of amides is 1. The summed E-state index contributed by atoms with van der Waals surface area (Å²) in [6.45, 7) is 8.20. The van der Waals surface area contributed by atoms with Crippen LogP contribution in [0.1, 0.15) is 48.4 Å². The molecule has 1 N–H and O–H groups in total. The molecule has 1 saturated heterocycles. The van der Waals surface area contributed by atoms with Crippen molar-refractivity contribution < 1.29 is 14.7 Å². The van der Waals surface area contributed by atoms with E-state index >= 15 is 0 Å². The first-order valence-electron chi connectivity index (χ1n) is 11.2. The molecule has 4 rings (SSSR count). The number of ketones is 1. The van der Waals surface area contributed by atoms with E-state index in [-0.39, 0.29) is 16.7 Å². The largest absolute Gasteiger partial charge is 0.507 e. The van der Waals surface area contributed by atoms with E-state index < -0.39 is 17.7 Å². The lowest BCUT2D eigenvalue weighted by molar-refractivity contribution is -0.132. The summed E-state index contributed by atoms with van der Waals surface area (Å²) >= 11 is 1.46. The number of benzene rings is 2. The SMILES string of the molecule is Cc1ccc(C(C)(C)C)cc1/C(O)=C1\C(=O)C(=O)N(c2ccc(N(C)C)cc2)C1c1cccs1. The van der Waals surface area contributed by atoms with E-state index in [9.17, 15) is 14.7 Å². The minimum Gasteiger partial charge on any atom is -0.507 e. The second-order valence-electron chi connectivity index (χ2n) is 9.88. The summed E-state index contributed by atoms with van der Waals surface area (Å²) in [5.41, 5.74) is 4.06. The van der Waals surface area contributed by atoms with Crippen molar-refractivity contribution in [3.63, 3.8) is 0 Å². The number of aliphatic hydroxyl groups excluding tert-OH is 1. The van der Waals surface area contributed by atoms with Crippen LogP contribution in [0.15, 0.2) is 65.6 Å². The maximum Gasteiger partial charge on any atom is 0.300 e. The highest BCUT2D eigenvalue weighted by atomic mass is 32.1. The second kappa shape index (κ2) is 8.76.